The summed E-state index contributed by atoms with van der Waals surface area (Å²) in [5.74, 6) is 1.24. The first-order valence-corrected chi connectivity index (χ1v) is 6.80. The molecule has 0 aromatic rings. The summed E-state index contributed by atoms with van der Waals surface area (Å²) in [5.41, 5.74) is 5.66. The maximum atomic E-state index is 12.0. The van der Waals surface area contributed by atoms with Gasteiger partial charge in [0.25, 0.3) is 0 Å². The van der Waals surface area contributed by atoms with Gasteiger partial charge in [0.15, 0.2) is 0 Å². The fourth-order valence-electron chi connectivity index (χ4n) is 3.10. The van der Waals surface area contributed by atoms with Crippen molar-refractivity contribution in [3.05, 3.63) is 0 Å². The highest BCUT2D eigenvalue weighted by atomic mass is 16.1. The van der Waals surface area contributed by atoms with Crippen molar-refractivity contribution >= 4 is 5.91 Å². The SMILES string of the molecule is NC[C@@H]1CC[C@H](NC(=O)C2CCCCC2)C1. The molecule has 3 nitrogen and oxygen atoms in total. The molecule has 0 radical (unpaired) electrons. The van der Waals surface area contributed by atoms with Crippen LogP contribution in [0.4, 0.5) is 0 Å². The van der Waals surface area contributed by atoms with E-state index in [9.17, 15) is 4.79 Å². The number of carbonyl (C=O) groups excluding carboxylic acids is 1. The Morgan fingerprint density at radius 1 is 1.12 bits per heavy atom. The molecule has 2 rings (SSSR count). The maximum absolute atomic E-state index is 12.0. The Bertz CT molecular complexity index is 236. The zero-order valence-corrected chi connectivity index (χ0v) is 10.1. The second-order valence-corrected chi connectivity index (χ2v) is 5.46. The highest BCUT2D eigenvalue weighted by molar-refractivity contribution is 5.79. The Morgan fingerprint density at radius 3 is 2.50 bits per heavy atom. The number of nitrogens with two attached hydrogens (primary N) is 1. The van der Waals surface area contributed by atoms with E-state index in [1.807, 2.05) is 0 Å². The lowest BCUT2D eigenvalue weighted by molar-refractivity contribution is -0.126. The molecule has 0 saturated heterocycles. The zero-order valence-electron chi connectivity index (χ0n) is 10.1. The van der Waals surface area contributed by atoms with Crippen LogP contribution in [0, 0.1) is 11.8 Å². The van der Waals surface area contributed by atoms with E-state index in [2.05, 4.69) is 5.32 Å². The molecule has 3 heteroatoms. The van der Waals surface area contributed by atoms with Gasteiger partial charge in [0.2, 0.25) is 5.91 Å². The van der Waals surface area contributed by atoms with Crippen molar-refractivity contribution in [2.75, 3.05) is 6.54 Å². The van der Waals surface area contributed by atoms with Gasteiger partial charge in [-0.1, -0.05) is 19.3 Å². The molecule has 2 aliphatic carbocycles. The van der Waals surface area contributed by atoms with Gasteiger partial charge < -0.3 is 11.1 Å². The summed E-state index contributed by atoms with van der Waals surface area (Å²) in [4.78, 5) is 12.0. The molecular formula is C13H24N2O. The maximum Gasteiger partial charge on any atom is 0.223 e. The first-order valence-electron chi connectivity index (χ1n) is 6.80. The topological polar surface area (TPSA) is 55.1 Å². The molecule has 3 N–H and O–H groups in total. The minimum absolute atomic E-state index is 0.297. The van der Waals surface area contributed by atoms with Crippen LogP contribution >= 0.6 is 0 Å². The minimum atomic E-state index is 0.297. The van der Waals surface area contributed by atoms with E-state index < -0.39 is 0 Å². The van der Waals surface area contributed by atoms with Crippen molar-refractivity contribution in [2.24, 2.45) is 17.6 Å². The second kappa shape index (κ2) is 5.67. The van der Waals surface area contributed by atoms with E-state index in [0.717, 1.165) is 32.2 Å². The summed E-state index contributed by atoms with van der Waals surface area (Å²) in [6.45, 7) is 0.774. The summed E-state index contributed by atoms with van der Waals surface area (Å²) in [6, 6.07) is 0.406. The van der Waals surface area contributed by atoms with Crippen LogP contribution in [0.3, 0.4) is 0 Å². The van der Waals surface area contributed by atoms with Gasteiger partial charge in [0.05, 0.1) is 0 Å². The standard InChI is InChI=1S/C13H24N2O/c14-9-10-6-7-12(8-10)15-13(16)11-4-2-1-3-5-11/h10-12H,1-9,14H2,(H,15,16)/t10-,12+/m1/s1. The smallest absolute Gasteiger partial charge is 0.223 e. The third kappa shape index (κ3) is 2.97. The average Bonchev–Trinajstić information content (AvgIpc) is 2.78. The third-order valence-electron chi connectivity index (χ3n) is 4.20. The van der Waals surface area contributed by atoms with E-state index in [-0.39, 0.29) is 0 Å². The molecular weight excluding hydrogens is 200 g/mol. The molecule has 2 aliphatic rings. The molecule has 92 valence electrons. The molecule has 2 saturated carbocycles. The predicted molar refractivity (Wildman–Crippen MR) is 64.9 cm³/mol. The lowest BCUT2D eigenvalue weighted by Gasteiger charge is -2.23. The zero-order chi connectivity index (χ0) is 11.4. The number of rotatable bonds is 3. The van der Waals surface area contributed by atoms with Gasteiger partial charge in [-0.05, 0) is 44.6 Å². The van der Waals surface area contributed by atoms with Crippen molar-refractivity contribution in [1.29, 1.82) is 0 Å². The van der Waals surface area contributed by atoms with Crippen LogP contribution in [-0.2, 0) is 4.79 Å². The molecule has 0 aromatic carbocycles. The van der Waals surface area contributed by atoms with Crippen molar-refractivity contribution < 1.29 is 4.79 Å². The quantitative estimate of drug-likeness (QED) is 0.768. The van der Waals surface area contributed by atoms with Crippen LogP contribution in [0.1, 0.15) is 51.4 Å². The third-order valence-corrected chi connectivity index (χ3v) is 4.20. The van der Waals surface area contributed by atoms with E-state index in [1.165, 1.54) is 25.7 Å². The van der Waals surface area contributed by atoms with Crippen LogP contribution in [-0.4, -0.2) is 18.5 Å². The average molecular weight is 224 g/mol. The van der Waals surface area contributed by atoms with Crippen LogP contribution < -0.4 is 11.1 Å². The van der Waals surface area contributed by atoms with Crippen molar-refractivity contribution in [3.63, 3.8) is 0 Å². The Hall–Kier alpha value is -0.570. The van der Waals surface area contributed by atoms with Crippen molar-refractivity contribution in [2.45, 2.75) is 57.4 Å². The van der Waals surface area contributed by atoms with Gasteiger partial charge in [0, 0.05) is 12.0 Å². The fourth-order valence-corrected chi connectivity index (χ4v) is 3.10. The van der Waals surface area contributed by atoms with Gasteiger partial charge in [-0.3, -0.25) is 4.79 Å². The molecule has 0 bridgehead atoms. The molecule has 0 aromatic heterocycles. The summed E-state index contributed by atoms with van der Waals surface area (Å²) >= 11 is 0. The number of hydrogen-bond acceptors (Lipinski definition) is 2. The molecule has 0 spiro atoms. The van der Waals surface area contributed by atoms with Crippen molar-refractivity contribution in [1.82, 2.24) is 5.32 Å². The Labute approximate surface area is 98.2 Å². The predicted octanol–water partition coefficient (Wildman–Crippen LogP) is 1.81. The van der Waals surface area contributed by atoms with Gasteiger partial charge in [0.1, 0.15) is 0 Å². The van der Waals surface area contributed by atoms with Crippen LogP contribution in [0.5, 0.6) is 0 Å². The normalized spacial score (nSPS) is 31.6. The van der Waals surface area contributed by atoms with E-state index in [0.29, 0.717) is 23.8 Å². The van der Waals surface area contributed by atoms with E-state index in [1.54, 1.807) is 0 Å². The Kier molecular flexibility index (Phi) is 4.22. The van der Waals surface area contributed by atoms with Crippen molar-refractivity contribution in [3.8, 4) is 0 Å². The Balaban J connectivity index is 1.74. The molecule has 16 heavy (non-hydrogen) atoms. The van der Waals surface area contributed by atoms with Gasteiger partial charge in [-0.25, -0.2) is 0 Å². The number of nitrogens with one attached hydrogen (secondary N) is 1. The summed E-state index contributed by atoms with van der Waals surface area (Å²) in [7, 11) is 0. The number of hydrogen-bond donors (Lipinski definition) is 2. The van der Waals surface area contributed by atoms with E-state index in [4.69, 9.17) is 5.73 Å². The highest BCUT2D eigenvalue weighted by Gasteiger charge is 2.28. The summed E-state index contributed by atoms with van der Waals surface area (Å²) < 4.78 is 0. The summed E-state index contributed by atoms with van der Waals surface area (Å²) in [6.07, 6.45) is 9.37. The van der Waals surface area contributed by atoms with Gasteiger partial charge in [-0.2, -0.15) is 0 Å². The monoisotopic (exact) mass is 224 g/mol. The molecule has 2 atom stereocenters. The largest absolute Gasteiger partial charge is 0.353 e. The highest BCUT2D eigenvalue weighted by Crippen LogP contribution is 2.27. The second-order valence-electron chi connectivity index (χ2n) is 5.46. The first-order chi connectivity index (χ1) is 7.79. The molecule has 0 heterocycles. The first kappa shape index (κ1) is 11.9. The minimum Gasteiger partial charge on any atom is -0.353 e. The van der Waals surface area contributed by atoms with E-state index >= 15 is 0 Å². The molecule has 0 unspecified atom stereocenters. The van der Waals surface area contributed by atoms with Crippen LogP contribution in [0.15, 0.2) is 0 Å². The number of amides is 1. The lowest BCUT2D eigenvalue weighted by atomic mass is 9.88. The number of carbonyl (C=O) groups is 1. The van der Waals surface area contributed by atoms with Gasteiger partial charge >= 0.3 is 0 Å². The summed E-state index contributed by atoms with van der Waals surface area (Å²) in [5, 5.41) is 3.22. The van der Waals surface area contributed by atoms with Crippen LogP contribution in [0.25, 0.3) is 0 Å². The fraction of sp³-hybridized carbons (Fsp3) is 0.923. The molecule has 1 amide bonds. The lowest BCUT2D eigenvalue weighted by Crippen LogP contribution is -2.38. The Morgan fingerprint density at radius 2 is 1.88 bits per heavy atom. The van der Waals surface area contributed by atoms with Gasteiger partial charge in [-0.15, -0.1) is 0 Å². The van der Waals surface area contributed by atoms with Crippen LogP contribution in [0.2, 0.25) is 0 Å². The molecule has 2 fully saturated rings. The molecule has 0 aliphatic heterocycles.